The number of anilines is 1. The second kappa shape index (κ2) is 7.83. The van der Waals surface area contributed by atoms with Crippen molar-refractivity contribution in [3.8, 4) is 5.69 Å². The minimum atomic E-state index is -0.795. The van der Waals surface area contributed by atoms with Gasteiger partial charge in [-0.2, -0.15) is 10.2 Å². The number of hydrogen-bond donors (Lipinski definition) is 1. The SMILES string of the molecule is Cc1cccc(C)c1NC(=O)[C@H](C)n1nc(C)c2c(C)n(-c3ccccc3)nc2c1=O. The fourth-order valence-corrected chi connectivity index (χ4v) is 3.88. The molecule has 0 bridgehead atoms. The number of hydrogen-bond acceptors (Lipinski definition) is 4. The maximum Gasteiger partial charge on any atom is 0.295 e. The minimum absolute atomic E-state index is 0.301. The highest BCUT2D eigenvalue weighted by Crippen LogP contribution is 2.23. The first-order valence-electron chi connectivity index (χ1n) is 10.2. The van der Waals surface area contributed by atoms with Gasteiger partial charge in [-0.15, -0.1) is 0 Å². The third-order valence-corrected chi connectivity index (χ3v) is 5.62. The molecule has 2 heterocycles. The van der Waals surface area contributed by atoms with Crippen LogP contribution in [0.3, 0.4) is 0 Å². The number of amides is 1. The van der Waals surface area contributed by atoms with Gasteiger partial charge in [0.15, 0.2) is 5.52 Å². The van der Waals surface area contributed by atoms with Crippen LogP contribution in [0.2, 0.25) is 0 Å². The number of carbonyl (C=O) groups excluding carboxylic acids is 1. The van der Waals surface area contributed by atoms with Gasteiger partial charge in [0.2, 0.25) is 5.91 Å². The lowest BCUT2D eigenvalue weighted by atomic mass is 10.1. The standard InChI is InChI=1S/C24H25N5O2/c1-14-10-9-11-15(2)21(14)25-23(30)18(5)29-24(31)22-20(16(3)26-29)17(4)28(27-22)19-12-7-6-8-13-19/h6-13,18H,1-5H3,(H,25,30)/t18-/m0/s1. The Morgan fingerprint density at radius 2 is 1.58 bits per heavy atom. The van der Waals surface area contributed by atoms with Crippen molar-refractivity contribution in [3.63, 3.8) is 0 Å². The number of nitrogens with zero attached hydrogens (tertiary/aromatic N) is 4. The Labute approximate surface area is 180 Å². The van der Waals surface area contributed by atoms with E-state index in [4.69, 9.17) is 0 Å². The van der Waals surface area contributed by atoms with E-state index in [-0.39, 0.29) is 11.5 Å². The summed E-state index contributed by atoms with van der Waals surface area (Å²) in [7, 11) is 0. The Morgan fingerprint density at radius 3 is 2.23 bits per heavy atom. The van der Waals surface area contributed by atoms with Crippen LogP contribution >= 0.6 is 0 Å². The number of nitrogens with one attached hydrogen (secondary N) is 1. The van der Waals surface area contributed by atoms with Crippen LogP contribution in [0.4, 0.5) is 5.69 Å². The zero-order valence-corrected chi connectivity index (χ0v) is 18.3. The summed E-state index contributed by atoms with van der Waals surface area (Å²) in [4.78, 5) is 26.2. The fourth-order valence-electron chi connectivity index (χ4n) is 3.88. The molecule has 7 nitrogen and oxygen atoms in total. The van der Waals surface area contributed by atoms with Crippen LogP contribution in [-0.2, 0) is 4.79 Å². The van der Waals surface area contributed by atoms with Crippen molar-refractivity contribution in [2.75, 3.05) is 5.32 Å². The molecule has 4 rings (SSSR count). The molecule has 2 aromatic carbocycles. The molecule has 0 radical (unpaired) electrons. The van der Waals surface area contributed by atoms with E-state index >= 15 is 0 Å². The van der Waals surface area contributed by atoms with Gasteiger partial charge < -0.3 is 5.32 Å². The molecule has 0 aliphatic carbocycles. The molecule has 0 saturated heterocycles. The van der Waals surface area contributed by atoms with Gasteiger partial charge in [0.25, 0.3) is 5.56 Å². The molecule has 1 amide bonds. The molecule has 31 heavy (non-hydrogen) atoms. The summed E-state index contributed by atoms with van der Waals surface area (Å²) < 4.78 is 2.97. The van der Waals surface area contributed by atoms with Crippen LogP contribution in [0.5, 0.6) is 0 Å². The van der Waals surface area contributed by atoms with Crippen molar-refractivity contribution < 1.29 is 4.79 Å². The van der Waals surface area contributed by atoms with E-state index in [2.05, 4.69) is 15.5 Å². The van der Waals surface area contributed by atoms with E-state index in [1.54, 1.807) is 11.6 Å². The van der Waals surface area contributed by atoms with Crippen molar-refractivity contribution in [3.05, 3.63) is 81.4 Å². The van der Waals surface area contributed by atoms with Crippen LogP contribution in [-0.4, -0.2) is 25.5 Å². The average molecular weight is 415 g/mol. The van der Waals surface area contributed by atoms with Crippen LogP contribution in [0.25, 0.3) is 16.6 Å². The molecule has 7 heteroatoms. The zero-order valence-electron chi connectivity index (χ0n) is 18.3. The molecule has 1 N–H and O–H groups in total. The third-order valence-electron chi connectivity index (χ3n) is 5.62. The maximum absolute atomic E-state index is 13.3. The Morgan fingerprint density at radius 1 is 0.935 bits per heavy atom. The first kappa shape index (κ1) is 20.5. The number of benzene rings is 2. The minimum Gasteiger partial charge on any atom is -0.324 e. The highest BCUT2D eigenvalue weighted by Gasteiger charge is 2.23. The Bertz CT molecular complexity index is 1330. The predicted molar refractivity (Wildman–Crippen MR) is 122 cm³/mol. The molecular weight excluding hydrogens is 390 g/mol. The predicted octanol–water partition coefficient (Wildman–Crippen LogP) is 4.02. The van der Waals surface area contributed by atoms with Gasteiger partial charge in [0, 0.05) is 5.69 Å². The first-order chi connectivity index (χ1) is 14.8. The van der Waals surface area contributed by atoms with E-state index in [1.807, 2.05) is 76.2 Å². The van der Waals surface area contributed by atoms with Crippen LogP contribution in [0.1, 0.15) is 35.5 Å². The molecule has 0 saturated carbocycles. The van der Waals surface area contributed by atoms with Gasteiger partial charge >= 0.3 is 0 Å². The first-order valence-corrected chi connectivity index (χ1v) is 10.2. The Kier molecular flexibility index (Phi) is 5.19. The summed E-state index contributed by atoms with van der Waals surface area (Å²) in [6.45, 7) is 9.29. The molecule has 0 fully saturated rings. The van der Waals surface area contributed by atoms with Crippen LogP contribution < -0.4 is 10.9 Å². The van der Waals surface area contributed by atoms with Crippen molar-refractivity contribution >= 4 is 22.5 Å². The van der Waals surface area contributed by atoms with Crippen molar-refractivity contribution in [1.82, 2.24) is 19.6 Å². The van der Waals surface area contributed by atoms with E-state index in [1.165, 1.54) is 4.68 Å². The number of aromatic nitrogens is 4. The van der Waals surface area contributed by atoms with Gasteiger partial charge in [0.05, 0.1) is 22.5 Å². The fraction of sp³-hybridized carbons (Fsp3) is 0.250. The summed E-state index contributed by atoms with van der Waals surface area (Å²) >= 11 is 0. The van der Waals surface area contributed by atoms with Gasteiger partial charge in [-0.1, -0.05) is 36.4 Å². The zero-order chi connectivity index (χ0) is 22.3. The van der Waals surface area contributed by atoms with E-state index < -0.39 is 6.04 Å². The monoisotopic (exact) mass is 415 g/mol. The summed E-state index contributed by atoms with van der Waals surface area (Å²) in [5, 5.41) is 12.7. The number of fused-ring (bicyclic) bond motifs is 1. The molecular formula is C24H25N5O2. The molecule has 0 aliphatic heterocycles. The van der Waals surface area contributed by atoms with Crippen molar-refractivity contribution in [1.29, 1.82) is 0 Å². The van der Waals surface area contributed by atoms with Gasteiger partial charge in [0.1, 0.15) is 6.04 Å². The second-order valence-corrected chi connectivity index (χ2v) is 7.82. The number of carbonyl (C=O) groups is 1. The van der Waals surface area contributed by atoms with E-state index in [0.29, 0.717) is 16.6 Å². The smallest absolute Gasteiger partial charge is 0.295 e. The van der Waals surface area contributed by atoms with Crippen molar-refractivity contribution in [2.45, 2.75) is 40.7 Å². The molecule has 0 unspecified atom stereocenters. The van der Waals surface area contributed by atoms with Crippen LogP contribution in [0, 0.1) is 27.7 Å². The van der Waals surface area contributed by atoms with Gasteiger partial charge in [-0.3, -0.25) is 9.59 Å². The lowest BCUT2D eigenvalue weighted by molar-refractivity contribution is -0.119. The Balaban J connectivity index is 1.77. The topological polar surface area (TPSA) is 81.8 Å². The largest absolute Gasteiger partial charge is 0.324 e. The van der Waals surface area contributed by atoms with Gasteiger partial charge in [-0.25, -0.2) is 9.36 Å². The quantitative estimate of drug-likeness (QED) is 0.546. The summed E-state index contributed by atoms with van der Waals surface area (Å²) in [6.07, 6.45) is 0. The second-order valence-electron chi connectivity index (χ2n) is 7.82. The lowest BCUT2D eigenvalue weighted by Crippen LogP contribution is -2.34. The number of rotatable bonds is 4. The molecule has 4 aromatic rings. The molecule has 158 valence electrons. The highest BCUT2D eigenvalue weighted by molar-refractivity contribution is 5.95. The maximum atomic E-state index is 13.3. The van der Waals surface area contributed by atoms with Gasteiger partial charge in [-0.05, 0) is 57.9 Å². The highest BCUT2D eigenvalue weighted by atomic mass is 16.2. The molecule has 0 aliphatic rings. The normalized spacial score (nSPS) is 12.2. The number of aryl methyl sites for hydroxylation is 4. The Hall–Kier alpha value is -3.74. The summed E-state index contributed by atoms with van der Waals surface area (Å²) in [5.74, 6) is -0.301. The molecule has 0 spiro atoms. The van der Waals surface area contributed by atoms with E-state index in [9.17, 15) is 9.59 Å². The molecule has 2 aromatic heterocycles. The van der Waals surface area contributed by atoms with Crippen molar-refractivity contribution in [2.24, 2.45) is 0 Å². The number of para-hydroxylation sites is 2. The van der Waals surface area contributed by atoms with Crippen LogP contribution in [0.15, 0.2) is 53.3 Å². The lowest BCUT2D eigenvalue weighted by Gasteiger charge is -2.17. The summed E-state index contributed by atoms with van der Waals surface area (Å²) in [6, 6.07) is 14.7. The summed E-state index contributed by atoms with van der Waals surface area (Å²) in [5.41, 5.74) is 4.96. The average Bonchev–Trinajstić information content (AvgIpc) is 3.11. The third kappa shape index (κ3) is 3.52. The van der Waals surface area contributed by atoms with E-state index in [0.717, 1.165) is 28.2 Å². The molecule has 1 atom stereocenters.